The number of carbonyl (C=O) groups excluding carboxylic acids is 1. The van der Waals surface area contributed by atoms with Crippen LogP contribution in [0.15, 0.2) is 18.2 Å². The molecule has 0 bridgehead atoms. The average molecular weight is 262 g/mol. The summed E-state index contributed by atoms with van der Waals surface area (Å²) >= 11 is 0. The van der Waals surface area contributed by atoms with Crippen molar-refractivity contribution >= 4 is 5.91 Å². The molecule has 1 unspecified atom stereocenters. The first-order valence-electron chi connectivity index (χ1n) is 6.57. The van der Waals surface area contributed by atoms with Crippen molar-refractivity contribution in [2.24, 2.45) is 0 Å². The summed E-state index contributed by atoms with van der Waals surface area (Å²) in [5.74, 6) is -0.143. The van der Waals surface area contributed by atoms with Gasteiger partial charge in [-0.3, -0.25) is 4.79 Å². The van der Waals surface area contributed by atoms with Crippen LogP contribution in [0, 0.1) is 0 Å². The maximum Gasteiger partial charge on any atom is 0.251 e. The third-order valence-electron chi connectivity index (χ3n) is 3.76. The van der Waals surface area contributed by atoms with E-state index < -0.39 is 5.60 Å². The van der Waals surface area contributed by atoms with E-state index in [1.165, 1.54) is 11.1 Å². The summed E-state index contributed by atoms with van der Waals surface area (Å²) in [7, 11) is 0. The Morgan fingerprint density at radius 1 is 1.42 bits per heavy atom. The van der Waals surface area contributed by atoms with Gasteiger partial charge in [-0.2, -0.15) is 0 Å². The zero-order valence-electron chi connectivity index (χ0n) is 10.7. The number of aliphatic hydroxyl groups is 1. The number of benzene rings is 1. The van der Waals surface area contributed by atoms with Gasteiger partial charge in [-0.05, 0) is 23.3 Å². The van der Waals surface area contributed by atoms with E-state index in [1.807, 2.05) is 18.2 Å². The Morgan fingerprint density at radius 3 is 3.05 bits per heavy atom. The van der Waals surface area contributed by atoms with Crippen LogP contribution in [-0.4, -0.2) is 36.4 Å². The Morgan fingerprint density at radius 2 is 2.26 bits per heavy atom. The SMILES string of the molecule is O=C(NCC1(O)CCOC1)c1ccc2c(c1)CNC2. The molecular formula is C14H18N2O3. The smallest absolute Gasteiger partial charge is 0.251 e. The highest BCUT2D eigenvalue weighted by atomic mass is 16.5. The number of ether oxygens (including phenoxy) is 1. The van der Waals surface area contributed by atoms with Crippen molar-refractivity contribution in [3.8, 4) is 0 Å². The first kappa shape index (κ1) is 12.6. The number of fused-ring (bicyclic) bond motifs is 1. The number of hydrogen-bond acceptors (Lipinski definition) is 4. The van der Waals surface area contributed by atoms with Gasteiger partial charge >= 0.3 is 0 Å². The van der Waals surface area contributed by atoms with Gasteiger partial charge in [0.15, 0.2) is 0 Å². The van der Waals surface area contributed by atoms with Gasteiger partial charge in [0.25, 0.3) is 5.91 Å². The first-order chi connectivity index (χ1) is 9.16. The molecule has 102 valence electrons. The molecule has 0 aromatic heterocycles. The highest BCUT2D eigenvalue weighted by Crippen LogP contribution is 2.19. The molecule has 1 amide bonds. The average Bonchev–Trinajstić information content (AvgIpc) is 3.04. The Bertz CT molecular complexity index is 495. The lowest BCUT2D eigenvalue weighted by Crippen LogP contribution is -2.43. The molecule has 0 aliphatic carbocycles. The van der Waals surface area contributed by atoms with Gasteiger partial charge in [0.1, 0.15) is 5.60 Å². The number of carbonyl (C=O) groups is 1. The van der Waals surface area contributed by atoms with E-state index in [-0.39, 0.29) is 12.5 Å². The quantitative estimate of drug-likeness (QED) is 0.726. The highest BCUT2D eigenvalue weighted by Gasteiger charge is 2.32. The van der Waals surface area contributed by atoms with Crippen LogP contribution in [-0.2, 0) is 17.8 Å². The van der Waals surface area contributed by atoms with Gasteiger partial charge in [-0.1, -0.05) is 6.07 Å². The highest BCUT2D eigenvalue weighted by molar-refractivity contribution is 5.94. The van der Waals surface area contributed by atoms with Gasteiger partial charge < -0.3 is 20.5 Å². The Balaban J connectivity index is 1.64. The second kappa shape index (κ2) is 4.92. The zero-order chi connectivity index (χ0) is 13.3. The van der Waals surface area contributed by atoms with Crippen LogP contribution in [0.4, 0.5) is 0 Å². The minimum Gasteiger partial charge on any atom is -0.386 e. The summed E-state index contributed by atoms with van der Waals surface area (Å²) in [5, 5.41) is 16.1. The van der Waals surface area contributed by atoms with Gasteiger partial charge in [-0.25, -0.2) is 0 Å². The van der Waals surface area contributed by atoms with Crippen LogP contribution in [0.5, 0.6) is 0 Å². The second-order valence-corrected chi connectivity index (χ2v) is 5.30. The van der Waals surface area contributed by atoms with E-state index in [2.05, 4.69) is 10.6 Å². The van der Waals surface area contributed by atoms with E-state index in [9.17, 15) is 9.90 Å². The normalized spacial score (nSPS) is 25.3. The van der Waals surface area contributed by atoms with Crippen molar-refractivity contribution in [1.82, 2.24) is 10.6 Å². The third-order valence-corrected chi connectivity index (χ3v) is 3.76. The molecule has 0 saturated carbocycles. The van der Waals surface area contributed by atoms with Crippen LogP contribution in [0.25, 0.3) is 0 Å². The van der Waals surface area contributed by atoms with Crippen molar-refractivity contribution < 1.29 is 14.6 Å². The Kier molecular flexibility index (Phi) is 3.26. The van der Waals surface area contributed by atoms with E-state index in [1.54, 1.807) is 0 Å². The lowest BCUT2D eigenvalue weighted by atomic mass is 10.0. The van der Waals surface area contributed by atoms with Crippen molar-refractivity contribution in [3.63, 3.8) is 0 Å². The predicted octanol–water partition coefficient (Wildman–Crippen LogP) is 0.171. The van der Waals surface area contributed by atoms with Gasteiger partial charge in [0.05, 0.1) is 6.61 Å². The largest absolute Gasteiger partial charge is 0.386 e. The van der Waals surface area contributed by atoms with E-state index in [0.29, 0.717) is 25.2 Å². The van der Waals surface area contributed by atoms with Crippen molar-refractivity contribution in [2.45, 2.75) is 25.1 Å². The van der Waals surface area contributed by atoms with Crippen LogP contribution in [0.3, 0.4) is 0 Å². The molecule has 19 heavy (non-hydrogen) atoms. The topological polar surface area (TPSA) is 70.6 Å². The van der Waals surface area contributed by atoms with Crippen LogP contribution in [0.1, 0.15) is 27.9 Å². The molecule has 1 aromatic rings. The number of nitrogens with one attached hydrogen (secondary N) is 2. The Hall–Kier alpha value is -1.43. The minimum atomic E-state index is -0.909. The maximum absolute atomic E-state index is 12.1. The molecule has 3 rings (SSSR count). The molecule has 0 spiro atoms. The predicted molar refractivity (Wildman–Crippen MR) is 69.7 cm³/mol. The van der Waals surface area contributed by atoms with E-state index in [0.717, 1.165) is 13.1 Å². The molecule has 5 nitrogen and oxygen atoms in total. The minimum absolute atomic E-state index is 0.143. The Labute approximate surface area is 112 Å². The molecule has 2 aliphatic heterocycles. The van der Waals surface area contributed by atoms with Crippen LogP contribution >= 0.6 is 0 Å². The molecule has 2 aliphatic rings. The summed E-state index contributed by atoms with van der Waals surface area (Å²) in [4.78, 5) is 12.1. The first-order valence-corrected chi connectivity index (χ1v) is 6.57. The summed E-state index contributed by atoms with van der Waals surface area (Å²) in [6.07, 6.45) is 0.571. The second-order valence-electron chi connectivity index (χ2n) is 5.30. The standard InChI is InChI=1S/C14H18N2O3/c17-13(16-8-14(18)3-4-19-9-14)10-1-2-11-6-15-7-12(11)5-10/h1-2,5,15,18H,3-4,6-9H2,(H,16,17). The fraction of sp³-hybridized carbons (Fsp3) is 0.500. The zero-order valence-corrected chi connectivity index (χ0v) is 10.7. The molecular weight excluding hydrogens is 244 g/mol. The van der Waals surface area contributed by atoms with Crippen molar-refractivity contribution in [2.75, 3.05) is 19.8 Å². The van der Waals surface area contributed by atoms with Crippen LogP contribution in [0.2, 0.25) is 0 Å². The van der Waals surface area contributed by atoms with Crippen molar-refractivity contribution in [1.29, 1.82) is 0 Å². The molecule has 1 saturated heterocycles. The van der Waals surface area contributed by atoms with E-state index >= 15 is 0 Å². The molecule has 1 atom stereocenters. The molecule has 5 heteroatoms. The molecule has 1 fully saturated rings. The fourth-order valence-electron chi connectivity index (χ4n) is 2.52. The van der Waals surface area contributed by atoms with Gasteiger partial charge in [0, 0.05) is 38.2 Å². The van der Waals surface area contributed by atoms with E-state index in [4.69, 9.17) is 4.74 Å². The molecule has 2 heterocycles. The molecule has 0 radical (unpaired) electrons. The molecule has 3 N–H and O–H groups in total. The number of hydrogen-bond donors (Lipinski definition) is 3. The lowest BCUT2D eigenvalue weighted by molar-refractivity contribution is 0.0264. The number of rotatable bonds is 3. The van der Waals surface area contributed by atoms with Gasteiger partial charge in [0.2, 0.25) is 0 Å². The van der Waals surface area contributed by atoms with Gasteiger partial charge in [-0.15, -0.1) is 0 Å². The fourth-order valence-corrected chi connectivity index (χ4v) is 2.52. The monoisotopic (exact) mass is 262 g/mol. The van der Waals surface area contributed by atoms with Crippen molar-refractivity contribution in [3.05, 3.63) is 34.9 Å². The summed E-state index contributed by atoms with van der Waals surface area (Å²) in [5.41, 5.74) is 2.16. The van der Waals surface area contributed by atoms with Crippen LogP contribution < -0.4 is 10.6 Å². The number of amides is 1. The summed E-state index contributed by atoms with van der Waals surface area (Å²) < 4.78 is 5.15. The summed E-state index contributed by atoms with van der Waals surface area (Å²) in [6.45, 7) is 2.77. The third kappa shape index (κ3) is 2.63. The lowest BCUT2D eigenvalue weighted by Gasteiger charge is -2.20. The molecule has 1 aromatic carbocycles. The maximum atomic E-state index is 12.1. The summed E-state index contributed by atoms with van der Waals surface area (Å²) in [6, 6.07) is 5.73.